The van der Waals surface area contributed by atoms with E-state index in [0.717, 1.165) is 0 Å². The molecule has 2 heteroatoms. The molecular formula is C5H9NO. The van der Waals surface area contributed by atoms with E-state index in [9.17, 15) is 0 Å². The van der Waals surface area contributed by atoms with E-state index in [1.807, 2.05) is 0 Å². The van der Waals surface area contributed by atoms with Crippen molar-refractivity contribution < 1.29 is 5.11 Å². The van der Waals surface area contributed by atoms with Gasteiger partial charge < -0.3 is 10.8 Å². The van der Waals surface area contributed by atoms with Crippen LogP contribution in [0.15, 0.2) is 0 Å². The first-order valence-corrected chi connectivity index (χ1v) is 2.13. The fourth-order valence-corrected chi connectivity index (χ4v) is 0.219. The van der Waals surface area contributed by atoms with Crippen LogP contribution in [0, 0.1) is 12.3 Å². The minimum Gasteiger partial charge on any atom is -0.391 e. The van der Waals surface area contributed by atoms with E-state index in [2.05, 4.69) is 5.92 Å². The average molecular weight is 99.1 g/mol. The molecule has 0 aliphatic rings. The van der Waals surface area contributed by atoms with Gasteiger partial charge in [-0.15, -0.1) is 12.3 Å². The Morgan fingerprint density at radius 1 is 1.86 bits per heavy atom. The highest BCUT2D eigenvalue weighted by Gasteiger charge is 1.93. The Balaban J connectivity index is 3.03. The summed E-state index contributed by atoms with van der Waals surface area (Å²) in [6, 6.07) is 0. The molecule has 1 atom stereocenters. The van der Waals surface area contributed by atoms with Gasteiger partial charge in [0.2, 0.25) is 0 Å². The van der Waals surface area contributed by atoms with Crippen LogP contribution < -0.4 is 5.73 Å². The van der Waals surface area contributed by atoms with E-state index in [4.69, 9.17) is 17.3 Å². The Hall–Kier alpha value is -0.520. The Bertz CT molecular complexity index is 74.6. The maximum absolute atomic E-state index is 8.59. The highest BCUT2D eigenvalue weighted by molar-refractivity contribution is 4.86. The van der Waals surface area contributed by atoms with Gasteiger partial charge in [0.1, 0.15) is 0 Å². The molecule has 0 spiro atoms. The minimum absolute atomic E-state index is 0.254. The summed E-state index contributed by atoms with van der Waals surface area (Å²) >= 11 is 0. The van der Waals surface area contributed by atoms with Crippen molar-refractivity contribution in [2.24, 2.45) is 5.73 Å². The monoisotopic (exact) mass is 99.1 g/mol. The van der Waals surface area contributed by atoms with Crippen LogP contribution in [0.5, 0.6) is 0 Å². The Kier molecular flexibility index (Phi) is 3.39. The zero-order chi connectivity index (χ0) is 5.70. The second-order valence-electron chi connectivity index (χ2n) is 1.30. The molecule has 7 heavy (non-hydrogen) atoms. The van der Waals surface area contributed by atoms with E-state index < -0.39 is 6.10 Å². The predicted octanol–water partition coefficient (Wildman–Crippen LogP) is -0.671. The fraction of sp³-hybridized carbons (Fsp3) is 0.600. The molecule has 0 saturated heterocycles. The molecule has 0 fully saturated rings. The summed E-state index contributed by atoms with van der Waals surface area (Å²) in [5.41, 5.74) is 5.01. The lowest BCUT2D eigenvalue weighted by Crippen LogP contribution is -2.18. The molecule has 0 bridgehead atoms. The molecule has 0 heterocycles. The first-order valence-electron chi connectivity index (χ1n) is 2.13. The topological polar surface area (TPSA) is 46.2 Å². The van der Waals surface area contributed by atoms with Crippen LogP contribution in [0.25, 0.3) is 0 Å². The van der Waals surface area contributed by atoms with Gasteiger partial charge >= 0.3 is 0 Å². The Labute approximate surface area is 43.3 Å². The number of nitrogens with two attached hydrogens (primary N) is 1. The molecule has 40 valence electrons. The Morgan fingerprint density at radius 2 is 2.43 bits per heavy atom. The smallest absolute Gasteiger partial charge is 0.0771 e. The van der Waals surface area contributed by atoms with Gasteiger partial charge in [-0.05, 0) is 0 Å². The average Bonchev–Trinajstić information content (AvgIpc) is 1.68. The first-order chi connectivity index (χ1) is 3.31. The normalized spacial score (nSPS) is 12.7. The van der Waals surface area contributed by atoms with Crippen LogP contribution in [0.3, 0.4) is 0 Å². The van der Waals surface area contributed by atoms with Crippen molar-refractivity contribution in [1.29, 1.82) is 0 Å². The van der Waals surface area contributed by atoms with Crippen molar-refractivity contribution in [3.63, 3.8) is 0 Å². The number of aliphatic hydroxyl groups excluding tert-OH is 1. The van der Waals surface area contributed by atoms with Gasteiger partial charge in [-0.25, -0.2) is 0 Å². The van der Waals surface area contributed by atoms with E-state index in [1.165, 1.54) is 0 Å². The lowest BCUT2D eigenvalue weighted by Gasteiger charge is -1.98. The molecule has 0 saturated carbocycles. The van der Waals surface area contributed by atoms with Gasteiger partial charge in [0, 0.05) is 13.0 Å². The van der Waals surface area contributed by atoms with Crippen molar-refractivity contribution in [2.45, 2.75) is 12.5 Å². The molecule has 0 rings (SSSR count). The highest BCUT2D eigenvalue weighted by Crippen LogP contribution is 1.82. The predicted molar refractivity (Wildman–Crippen MR) is 28.5 cm³/mol. The highest BCUT2D eigenvalue weighted by atomic mass is 16.3. The van der Waals surface area contributed by atoms with Crippen molar-refractivity contribution in [2.75, 3.05) is 6.54 Å². The van der Waals surface area contributed by atoms with Crippen molar-refractivity contribution in [3.8, 4) is 12.3 Å². The van der Waals surface area contributed by atoms with Gasteiger partial charge in [-0.1, -0.05) is 0 Å². The lowest BCUT2D eigenvalue weighted by molar-refractivity contribution is 0.189. The number of hydrogen-bond donors (Lipinski definition) is 2. The van der Waals surface area contributed by atoms with Gasteiger partial charge in [0.05, 0.1) is 6.10 Å². The number of hydrogen-bond acceptors (Lipinski definition) is 2. The third-order valence-electron chi connectivity index (χ3n) is 0.626. The second kappa shape index (κ2) is 3.66. The molecule has 0 radical (unpaired) electrons. The third-order valence-corrected chi connectivity index (χ3v) is 0.626. The molecule has 2 nitrogen and oxygen atoms in total. The molecule has 0 amide bonds. The number of terminal acetylenes is 1. The van der Waals surface area contributed by atoms with Gasteiger partial charge in [-0.3, -0.25) is 0 Å². The standard InChI is InChI=1S/C5H9NO/c1-2-3-5(7)4-6/h1,5,7H,3-4,6H2. The van der Waals surface area contributed by atoms with Crippen LogP contribution in [0.2, 0.25) is 0 Å². The van der Waals surface area contributed by atoms with Crippen LogP contribution in [0.1, 0.15) is 6.42 Å². The van der Waals surface area contributed by atoms with E-state index in [0.29, 0.717) is 6.42 Å². The first kappa shape index (κ1) is 6.48. The van der Waals surface area contributed by atoms with E-state index in [-0.39, 0.29) is 6.54 Å². The summed E-state index contributed by atoms with van der Waals surface area (Å²) in [6.45, 7) is 0.254. The summed E-state index contributed by atoms with van der Waals surface area (Å²) in [7, 11) is 0. The molecule has 1 unspecified atom stereocenters. The maximum atomic E-state index is 8.59. The molecule has 0 aliphatic carbocycles. The van der Waals surface area contributed by atoms with Gasteiger partial charge in [0.25, 0.3) is 0 Å². The van der Waals surface area contributed by atoms with Gasteiger partial charge in [-0.2, -0.15) is 0 Å². The zero-order valence-corrected chi connectivity index (χ0v) is 4.09. The van der Waals surface area contributed by atoms with Crippen LogP contribution >= 0.6 is 0 Å². The van der Waals surface area contributed by atoms with Crippen LogP contribution in [0.4, 0.5) is 0 Å². The molecule has 0 aliphatic heterocycles. The van der Waals surface area contributed by atoms with E-state index >= 15 is 0 Å². The van der Waals surface area contributed by atoms with Gasteiger partial charge in [0.15, 0.2) is 0 Å². The quantitative estimate of drug-likeness (QED) is 0.451. The molecule has 0 aromatic heterocycles. The van der Waals surface area contributed by atoms with Crippen molar-refractivity contribution in [1.82, 2.24) is 0 Å². The number of rotatable bonds is 2. The maximum Gasteiger partial charge on any atom is 0.0771 e. The van der Waals surface area contributed by atoms with Crippen molar-refractivity contribution >= 4 is 0 Å². The Morgan fingerprint density at radius 3 is 2.57 bits per heavy atom. The summed E-state index contributed by atoms with van der Waals surface area (Å²) in [5.74, 6) is 2.29. The fourth-order valence-electron chi connectivity index (χ4n) is 0.219. The summed E-state index contributed by atoms with van der Waals surface area (Å²) in [4.78, 5) is 0. The molecular weight excluding hydrogens is 90.1 g/mol. The zero-order valence-electron chi connectivity index (χ0n) is 4.09. The second-order valence-corrected chi connectivity index (χ2v) is 1.30. The van der Waals surface area contributed by atoms with Crippen LogP contribution in [-0.4, -0.2) is 17.8 Å². The molecule has 0 aromatic carbocycles. The summed E-state index contributed by atoms with van der Waals surface area (Å²) < 4.78 is 0. The molecule has 0 aromatic rings. The third kappa shape index (κ3) is 3.31. The van der Waals surface area contributed by atoms with Crippen molar-refractivity contribution in [3.05, 3.63) is 0 Å². The van der Waals surface area contributed by atoms with E-state index in [1.54, 1.807) is 0 Å². The summed E-state index contributed by atoms with van der Waals surface area (Å²) in [5, 5.41) is 8.59. The van der Waals surface area contributed by atoms with Crippen LogP contribution in [-0.2, 0) is 0 Å². The largest absolute Gasteiger partial charge is 0.391 e. The SMILES string of the molecule is C#CCC(O)CN. The number of aliphatic hydroxyl groups is 1. The molecule has 3 N–H and O–H groups in total. The summed E-state index contributed by atoms with van der Waals surface area (Å²) in [6.07, 6.45) is 4.69. The lowest BCUT2D eigenvalue weighted by atomic mass is 10.3. The minimum atomic E-state index is -0.509.